The summed E-state index contributed by atoms with van der Waals surface area (Å²) < 4.78 is 0. The lowest BCUT2D eigenvalue weighted by molar-refractivity contribution is 0.407. The third kappa shape index (κ3) is 3.81. The van der Waals surface area contributed by atoms with Crippen molar-refractivity contribution in [2.75, 3.05) is 6.26 Å². The molecule has 0 fully saturated rings. The van der Waals surface area contributed by atoms with Crippen molar-refractivity contribution >= 4 is 11.8 Å². The minimum Gasteiger partial charge on any atom is -0.271 e. The van der Waals surface area contributed by atoms with Crippen molar-refractivity contribution in [1.82, 2.24) is 5.43 Å². The molecular weight excluding hydrogens is 216 g/mol. The van der Waals surface area contributed by atoms with Crippen molar-refractivity contribution in [2.45, 2.75) is 37.6 Å². The van der Waals surface area contributed by atoms with Crippen LogP contribution in [0.1, 0.15) is 38.3 Å². The van der Waals surface area contributed by atoms with Crippen LogP contribution in [-0.4, -0.2) is 6.26 Å². The standard InChI is InChI=1S/C13H22N2S/c1-4-10(2)9-13(15-14)11-5-7-12(16-3)8-6-11/h5-8,10,13,15H,4,9,14H2,1-3H3. The molecule has 0 aliphatic carbocycles. The quantitative estimate of drug-likeness (QED) is 0.453. The Morgan fingerprint density at radius 2 is 1.94 bits per heavy atom. The van der Waals surface area contributed by atoms with Crippen LogP contribution in [0, 0.1) is 5.92 Å². The Bertz CT molecular complexity index is 297. The number of hydrogen-bond acceptors (Lipinski definition) is 3. The van der Waals surface area contributed by atoms with E-state index in [9.17, 15) is 0 Å². The average Bonchev–Trinajstić information content (AvgIpc) is 2.35. The van der Waals surface area contributed by atoms with Gasteiger partial charge >= 0.3 is 0 Å². The molecular formula is C13H22N2S. The van der Waals surface area contributed by atoms with Gasteiger partial charge in [-0.15, -0.1) is 11.8 Å². The molecule has 90 valence electrons. The van der Waals surface area contributed by atoms with Crippen LogP contribution in [0.15, 0.2) is 29.2 Å². The molecule has 0 saturated carbocycles. The Kier molecular flexibility index (Phi) is 5.88. The smallest absolute Gasteiger partial charge is 0.0462 e. The second-order valence-corrected chi connectivity index (χ2v) is 5.12. The van der Waals surface area contributed by atoms with Gasteiger partial charge in [0.15, 0.2) is 0 Å². The second kappa shape index (κ2) is 6.94. The molecule has 0 radical (unpaired) electrons. The predicted octanol–water partition coefficient (Wildman–Crippen LogP) is 3.35. The molecule has 2 unspecified atom stereocenters. The van der Waals surface area contributed by atoms with E-state index in [-0.39, 0.29) is 6.04 Å². The average molecular weight is 238 g/mol. The van der Waals surface area contributed by atoms with E-state index in [0.29, 0.717) is 5.92 Å². The third-order valence-corrected chi connectivity index (χ3v) is 3.80. The van der Waals surface area contributed by atoms with E-state index in [0.717, 1.165) is 6.42 Å². The number of hydrogen-bond donors (Lipinski definition) is 2. The lowest BCUT2D eigenvalue weighted by atomic mass is 9.95. The van der Waals surface area contributed by atoms with E-state index in [4.69, 9.17) is 5.84 Å². The first-order valence-electron chi connectivity index (χ1n) is 5.81. The summed E-state index contributed by atoms with van der Waals surface area (Å²) in [5.74, 6) is 6.32. The molecule has 1 aromatic carbocycles. The summed E-state index contributed by atoms with van der Waals surface area (Å²) in [6.45, 7) is 4.48. The SMILES string of the molecule is CCC(C)CC(NN)c1ccc(SC)cc1. The molecule has 1 rings (SSSR count). The molecule has 1 aromatic rings. The summed E-state index contributed by atoms with van der Waals surface area (Å²) in [4.78, 5) is 1.29. The van der Waals surface area contributed by atoms with Crippen molar-refractivity contribution in [2.24, 2.45) is 11.8 Å². The minimum absolute atomic E-state index is 0.269. The zero-order chi connectivity index (χ0) is 12.0. The van der Waals surface area contributed by atoms with Gasteiger partial charge in [-0.25, -0.2) is 0 Å². The summed E-state index contributed by atoms with van der Waals surface area (Å²) >= 11 is 1.76. The van der Waals surface area contributed by atoms with Crippen LogP contribution in [0.25, 0.3) is 0 Å². The number of nitrogens with two attached hydrogens (primary N) is 1. The number of nitrogens with one attached hydrogen (secondary N) is 1. The van der Waals surface area contributed by atoms with Crippen molar-refractivity contribution in [1.29, 1.82) is 0 Å². The molecule has 0 amide bonds. The van der Waals surface area contributed by atoms with E-state index in [1.807, 2.05) is 0 Å². The number of benzene rings is 1. The highest BCUT2D eigenvalue weighted by Crippen LogP contribution is 2.24. The highest BCUT2D eigenvalue weighted by atomic mass is 32.2. The molecule has 0 spiro atoms. The van der Waals surface area contributed by atoms with Gasteiger partial charge in [-0.3, -0.25) is 11.3 Å². The molecule has 3 N–H and O–H groups in total. The molecule has 2 atom stereocenters. The molecule has 16 heavy (non-hydrogen) atoms. The number of hydrazine groups is 1. The van der Waals surface area contributed by atoms with Crippen LogP contribution in [0.2, 0.25) is 0 Å². The Labute approximate surface area is 103 Å². The van der Waals surface area contributed by atoms with Crippen LogP contribution >= 0.6 is 11.8 Å². The fourth-order valence-electron chi connectivity index (χ4n) is 1.71. The summed E-state index contributed by atoms with van der Waals surface area (Å²) in [5, 5.41) is 0. The first-order chi connectivity index (χ1) is 7.71. The lowest BCUT2D eigenvalue weighted by Gasteiger charge is -2.20. The van der Waals surface area contributed by atoms with Crippen LogP contribution in [0.4, 0.5) is 0 Å². The molecule has 0 aliphatic heterocycles. The highest BCUT2D eigenvalue weighted by molar-refractivity contribution is 7.98. The van der Waals surface area contributed by atoms with Crippen molar-refractivity contribution < 1.29 is 0 Å². The Balaban J connectivity index is 2.70. The zero-order valence-electron chi connectivity index (χ0n) is 10.4. The Morgan fingerprint density at radius 3 is 2.38 bits per heavy atom. The van der Waals surface area contributed by atoms with E-state index >= 15 is 0 Å². The molecule has 2 nitrogen and oxygen atoms in total. The van der Waals surface area contributed by atoms with Gasteiger partial charge in [-0.05, 0) is 36.3 Å². The zero-order valence-corrected chi connectivity index (χ0v) is 11.2. The largest absolute Gasteiger partial charge is 0.271 e. The summed E-state index contributed by atoms with van der Waals surface area (Å²) in [5.41, 5.74) is 4.19. The van der Waals surface area contributed by atoms with Gasteiger partial charge in [0.25, 0.3) is 0 Å². The van der Waals surface area contributed by atoms with E-state index in [1.54, 1.807) is 11.8 Å². The van der Waals surface area contributed by atoms with Gasteiger partial charge in [0.05, 0.1) is 0 Å². The Morgan fingerprint density at radius 1 is 1.31 bits per heavy atom. The third-order valence-electron chi connectivity index (χ3n) is 3.05. The maximum absolute atomic E-state index is 5.62. The highest BCUT2D eigenvalue weighted by Gasteiger charge is 2.12. The fraction of sp³-hybridized carbons (Fsp3) is 0.538. The molecule has 0 bridgehead atoms. The van der Waals surface area contributed by atoms with Crippen LogP contribution in [0.3, 0.4) is 0 Å². The molecule has 0 heterocycles. The normalized spacial score (nSPS) is 14.8. The van der Waals surface area contributed by atoms with Gasteiger partial charge in [0.1, 0.15) is 0 Å². The summed E-state index contributed by atoms with van der Waals surface area (Å²) in [7, 11) is 0. The van der Waals surface area contributed by atoms with Crippen molar-refractivity contribution in [3.05, 3.63) is 29.8 Å². The minimum atomic E-state index is 0.269. The van der Waals surface area contributed by atoms with Gasteiger partial charge in [-0.1, -0.05) is 32.4 Å². The van der Waals surface area contributed by atoms with E-state index in [1.165, 1.54) is 16.9 Å². The maximum atomic E-state index is 5.62. The van der Waals surface area contributed by atoms with E-state index < -0.39 is 0 Å². The maximum Gasteiger partial charge on any atom is 0.0462 e. The summed E-state index contributed by atoms with van der Waals surface area (Å²) in [6, 6.07) is 8.91. The summed E-state index contributed by atoms with van der Waals surface area (Å²) in [6.07, 6.45) is 4.37. The van der Waals surface area contributed by atoms with Gasteiger partial charge in [-0.2, -0.15) is 0 Å². The lowest BCUT2D eigenvalue weighted by Crippen LogP contribution is -2.29. The first-order valence-corrected chi connectivity index (χ1v) is 7.03. The fourth-order valence-corrected chi connectivity index (χ4v) is 2.11. The molecule has 0 saturated heterocycles. The Hall–Kier alpha value is -0.510. The van der Waals surface area contributed by atoms with Crippen molar-refractivity contribution in [3.8, 4) is 0 Å². The van der Waals surface area contributed by atoms with E-state index in [2.05, 4.69) is 49.8 Å². The van der Waals surface area contributed by atoms with Crippen LogP contribution in [-0.2, 0) is 0 Å². The predicted molar refractivity (Wildman–Crippen MR) is 72.4 cm³/mol. The second-order valence-electron chi connectivity index (χ2n) is 4.24. The van der Waals surface area contributed by atoms with Crippen LogP contribution in [0.5, 0.6) is 0 Å². The molecule has 3 heteroatoms. The number of rotatable bonds is 6. The van der Waals surface area contributed by atoms with Crippen LogP contribution < -0.4 is 11.3 Å². The van der Waals surface area contributed by atoms with Gasteiger partial charge in [0.2, 0.25) is 0 Å². The molecule has 0 aliphatic rings. The van der Waals surface area contributed by atoms with Gasteiger partial charge < -0.3 is 0 Å². The first kappa shape index (κ1) is 13.6. The van der Waals surface area contributed by atoms with Crippen molar-refractivity contribution in [3.63, 3.8) is 0 Å². The van der Waals surface area contributed by atoms with Gasteiger partial charge in [0, 0.05) is 10.9 Å². The monoisotopic (exact) mass is 238 g/mol. The number of thioether (sulfide) groups is 1. The molecule has 0 aromatic heterocycles. The topological polar surface area (TPSA) is 38.0 Å².